The highest BCUT2D eigenvalue weighted by Gasteiger charge is 2.18. The zero-order valence-electron chi connectivity index (χ0n) is 12.3. The van der Waals surface area contributed by atoms with Gasteiger partial charge in [0.2, 0.25) is 0 Å². The Kier molecular flexibility index (Phi) is 4.10. The van der Waals surface area contributed by atoms with Crippen LogP contribution in [0.15, 0.2) is 30.6 Å². The molecule has 8 heteroatoms. The normalized spacial score (nSPS) is 12.7. The summed E-state index contributed by atoms with van der Waals surface area (Å²) in [6.45, 7) is 4.72. The van der Waals surface area contributed by atoms with E-state index in [1.807, 2.05) is 6.07 Å². The molecular formula is C14H16N6OS. The van der Waals surface area contributed by atoms with Gasteiger partial charge in [0.15, 0.2) is 0 Å². The zero-order chi connectivity index (χ0) is 15.5. The molecule has 2 heterocycles. The lowest BCUT2D eigenvalue weighted by molar-refractivity contribution is 0.0919. The Labute approximate surface area is 131 Å². The van der Waals surface area contributed by atoms with Crippen molar-refractivity contribution in [1.82, 2.24) is 29.1 Å². The number of benzene rings is 1. The van der Waals surface area contributed by atoms with E-state index in [9.17, 15) is 4.79 Å². The van der Waals surface area contributed by atoms with Gasteiger partial charge in [-0.15, -0.1) is 5.10 Å². The number of nitrogens with zero attached hydrogens (tertiary/aromatic N) is 5. The van der Waals surface area contributed by atoms with Gasteiger partial charge in [-0.1, -0.05) is 19.1 Å². The van der Waals surface area contributed by atoms with Gasteiger partial charge < -0.3 is 5.32 Å². The van der Waals surface area contributed by atoms with Crippen molar-refractivity contribution in [2.24, 2.45) is 5.92 Å². The van der Waals surface area contributed by atoms with E-state index in [-0.39, 0.29) is 17.9 Å². The molecule has 0 aliphatic heterocycles. The summed E-state index contributed by atoms with van der Waals surface area (Å²) in [5, 5.41) is 10.8. The number of hydrogen-bond acceptors (Lipinski definition) is 6. The van der Waals surface area contributed by atoms with E-state index in [4.69, 9.17) is 0 Å². The Balaban J connectivity index is 1.75. The number of carbonyl (C=O) groups excluding carboxylic acids is 1. The molecule has 3 aromatic rings. The van der Waals surface area contributed by atoms with E-state index in [2.05, 4.69) is 38.2 Å². The fourth-order valence-electron chi connectivity index (χ4n) is 2.13. The van der Waals surface area contributed by atoms with Gasteiger partial charge in [-0.25, -0.2) is 0 Å². The third-order valence-corrected chi connectivity index (χ3v) is 4.05. The number of rotatable bonds is 5. The van der Waals surface area contributed by atoms with Gasteiger partial charge in [-0.2, -0.15) is 8.75 Å². The molecule has 22 heavy (non-hydrogen) atoms. The third kappa shape index (κ3) is 3.11. The van der Waals surface area contributed by atoms with Crippen molar-refractivity contribution in [3.05, 3.63) is 36.2 Å². The number of carbonyl (C=O) groups is 1. The van der Waals surface area contributed by atoms with Crippen LogP contribution in [0.25, 0.3) is 11.0 Å². The summed E-state index contributed by atoms with van der Waals surface area (Å²) in [4.78, 5) is 12.5. The lowest BCUT2D eigenvalue weighted by atomic mass is 10.0. The van der Waals surface area contributed by atoms with Crippen LogP contribution in [-0.2, 0) is 6.54 Å². The van der Waals surface area contributed by atoms with E-state index in [1.165, 1.54) is 0 Å². The van der Waals surface area contributed by atoms with E-state index in [0.29, 0.717) is 12.1 Å². The van der Waals surface area contributed by atoms with E-state index in [1.54, 1.807) is 29.2 Å². The lowest BCUT2D eigenvalue weighted by Gasteiger charge is -2.22. The molecule has 0 saturated heterocycles. The summed E-state index contributed by atoms with van der Waals surface area (Å²) in [5.74, 6) is 0.159. The average molecular weight is 316 g/mol. The second-order valence-electron chi connectivity index (χ2n) is 5.42. The molecule has 2 aromatic heterocycles. The second-order valence-corrected chi connectivity index (χ2v) is 5.95. The monoisotopic (exact) mass is 316 g/mol. The van der Waals surface area contributed by atoms with Crippen LogP contribution in [0.4, 0.5) is 0 Å². The van der Waals surface area contributed by atoms with Crippen molar-refractivity contribution in [1.29, 1.82) is 0 Å². The van der Waals surface area contributed by atoms with Crippen LogP contribution in [0, 0.1) is 5.92 Å². The van der Waals surface area contributed by atoms with E-state index < -0.39 is 0 Å². The Morgan fingerprint density at radius 1 is 1.32 bits per heavy atom. The molecule has 1 unspecified atom stereocenters. The fraction of sp³-hybridized carbons (Fsp3) is 0.357. The molecule has 1 atom stereocenters. The van der Waals surface area contributed by atoms with Crippen molar-refractivity contribution in [2.45, 2.75) is 26.4 Å². The SMILES string of the molecule is CC(C)C(Cn1ccnn1)NC(=O)c1ccc2nsnc2c1. The minimum Gasteiger partial charge on any atom is -0.347 e. The maximum atomic E-state index is 12.5. The summed E-state index contributed by atoms with van der Waals surface area (Å²) in [6.07, 6.45) is 3.41. The highest BCUT2D eigenvalue weighted by molar-refractivity contribution is 7.00. The van der Waals surface area contributed by atoms with Gasteiger partial charge in [-0.05, 0) is 24.1 Å². The van der Waals surface area contributed by atoms with Crippen LogP contribution in [0.3, 0.4) is 0 Å². The average Bonchev–Trinajstić information content (AvgIpc) is 3.16. The quantitative estimate of drug-likeness (QED) is 0.775. The van der Waals surface area contributed by atoms with Crippen LogP contribution in [-0.4, -0.2) is 35.7 Å². The number of nitrogens with one attached hydrogen (secondary N) is 1. The highest BCUT2D eigenvalue weighted by atomic mass is 32.1. The first kappa shape index (κ1) is 14.6. The van der Waals surface area contributed by atoms with Crippen molar-refractivity contribution >= 4 is 28.7 Å². The van der Waals surface area contributed by atoms with Crippen LogP contribution < -0.4 is 5.32 Å². The van der Waals surface area contributed by atoms with Crippen LogP contribution >= 0.6 is 11.7 Å². The standard InChI is InChI=1S/C14H16N6OS/c1-9(2)13(8-20-6-5-15-19-20)16-14(21)10-3-4-11-12(7-10)18-22-17-11/h3-7,9,13H,8H2,1-2H3,(H,16,21). The molecule has 0 aliphatic carbocycles. The van der Waals surface area contributed by atoms with Crippen molar-refractivity contribution in [2.75, 3.05) is 0 Å². The predicted octanol–water partition coefficient (Wildman–Crippen LogP) is 1.74. The molecular weight excluding hydrogens is 300 g/mol. The molecule has 0 fully saturated rings. The van der Waals surface area contributed by atoms with Gasteiger partial charge in [0.05, 0.1) is 30.5 Å². The summed E-state index contributed by atoms with van der Waals surface area (Å²) in [6, 6.07) is 5.32. The summed E-state index contributed by atoms with van der Waals surface area (Å²) in [7, 11) is 0. The molecule has 0 saturated carbocycles. The Hall–Kier alpha value is -2.35. The van der Waals surface area contributed by atoms with Crippen molar-refractivity contribution in [3.8, 4) is 0 Å². The molecule has 7 nitrogen and oxygen atoms in total. The number of aromatic nitrogens is 5. The smallest absolute Gasteiger partial charge is 0.251 e. The third-order valence-electron chi connectivity index (χ3n) is 3.49. The second kappa shape index (κ2) is 6.18. The number of hydrogen-bond donors (Lipinski definition) is 1. The molecule has 1 amide bonds. The summed E-state index contributed by atoms with van der Waals surface area (Å²) < 4.78 is 10.0. The number of amides is 1. The van der Waals surface area contributed by atoms with Gasteiger partial charge in [-0.3, -0.25) is 9.48 Å². The van der Waals surface area contributed by atoms with Crippen molar-refractivity contribution in [3.63, 3.8) is 0 Å². The Morgan fingerprint density at radius 3 is 2.86 bits per heavy atom. The highest BCUT2D eigenvalue weighted by Crippen LogP contribution is 2.14. The van der Waals surface area contributed by atoms with Crippen LogP contribution in [0.5, 0.6) is 0 Å². The summed E-state index contributed by atoms with van der Waals surface area (Å²) in [5.41, 5.74) is 2.14. The first-order valence-corrected chi connectivity index (χ1v) is 7.74. The molecule has 3 rings (SSSR count). The largest absolute Gasteiger partial charge is 0.347 e. The molecule has 1 N–H and O–H groups in total. The molecule has 114 valence electrons. The lowest BCUT2D eigenvalue weighted by Crippen LogP contribution is -2.41. The van der Waals surface area contributed by atoms with Crippen molar-refractivity contribution < 1.29 is 4.79 Å². The van der Waals surface area contributed by atoms with E-state index in [0.717, 1.165) is 22.8 Å². The zero-order valence-corrected chi connectivity index (χ0v) is 13.1. The number of fused-ring (bicyclic) bond motifs is 1. The Bertz CT molecular complexity index is 767. The molecule has 0 aliphatic rings. The van der Waals surface area contributed by atoms with Gasteiger partial charge in [0, 0.05) is 11.8 Å². The minimum atomic E-state index is -0.117. The minimum absolute atomic E-state index is 0.0292. The predicted molar refractivity (Wildman–Crippen MR) is 83.5 cm³/mol. The first-order chi connectivity index (χ1) is 10.6. The molecule has 0 bridgehead atoms. The molecule has 0 spiro atoms. The van der Waals surface area contributed by atoms with Gasteiger partial charge >= 0.3 is 0 Å². The maximum absolute atomic E-state index is 12.5. The molecule has 1 aromatic carbocycles. The van der Waals surface area contributed by atoms with Gasteiger partial charge in [0.1, 0.15) is 11.0 Å². The van der Waals surface area contributed by atoms with Crippen LogP contribution in [0.2, 0.25) is 0 Å². The van der Waals surface area contributed by atoms with Crippen LogP contribution in [0.1, 0.15) is 24.2 Å². The van der Waals surface area contributed by atoms with E-state index >= 15 is 0 Å². The van der Waals surface area contributed by atoms with Gasteiger partial charge in [0.25, 0.3) is 5.91 Å². The molecule has 0 radical (unpaired) electrons. The fourth-order valence-corrected chi connectivity index (χ4v) is 2.65. The topological polar surface area (TPSA) is 85.6 Å². The maximum Gasteiger partial charge on any atom is 0.251 e. The Morgan fingerprint density at radius 2 is 2.14 bits per heavy atom. The summed E-state index contributed by atoms with van der Waals surface area (Å²) >= 11 is 1.14. The first-order valence-electron chi connectivity index (χ1n) is 7.01.